The second-order valence-electron chi connectivity index (χ2n) is 8.14. The maximum Gasteiger partial charge on any atom is 0.335 e. The Hall–Kier alpha value is -2.57. The number of carboxylic acids is 1. The fraction of sp³-hybridized carbons (Fsp3) is 0.269. The molecule has 3 aromatic rings. The maximum atomic E-state index is 11.2. The topological polar surface area (TPSA) is 78.8 Å². The van der Waals surface area contributed by atoms with Crippen LogP contribution in [0.15, 0.2) is 66.7 Å². The van der Waals surface area contributed by atoms with E-state index < -0.39 is 12.1 Å². The van der Waals surface area contributed by atoms with Crippen LogP contribution in [-0.4, -0.2) is 28.8 Å². The van der Waals surface area contributed by atoms with Gasteiger partial charge in [-0.25, -0.2) is 4.79 Å². The van der Waals surface area contributed by atoms with E-state index in [1.807, 2.05) is 24.3 Å². The molecule has 7 heteroatoms. The van der Waals surface area contributed by atoms with Crippen LogP contribution in [0.1, 0.15) is 46.0 Å². The third-order valence-corrected chi connectivity index (χ3v) is 6.03. The first-order chi connectivity index (χ1) is 15.5. The van der Waals surface area contributed by atoms with Crippen LogP contribution < -0.4 is 10.1 Å². The minimum atomic E-state index is -0.980. The van der Waals surface area contributed by atoms with Gasteiger partial charge in [0.05, 0.1) is 11.7 Å². The first-order valence-corrected chi connectivity index (χ1v) is 11.2. The van der Waals surface area contributed by atoms with Gasteiger partial charge >= 0.3 is 5.97 Å². The minimum Gasteiger partial charge on any atom is -0.478 e. The monoisotopic (exact) mass is 487 g/mol. The van der Waals surface area contributed by atoms with E-state index in [0.29, 0.717) is 23.1 Å². The van der Waals surface area contributed by atoms with E-state index in [1.165, 1.54) is 17.2 Å². The lowest BCUT2D eigenvalue weighted by Crippen LogP contribution is -2.34. The lowest BCUT2D eigenvalue weighted by molar-refractivity contribution is 0.0696. The van der Waals surface area contributed by atoms with Crippen molar-refractivity contribution < 1.29 is 19.7 Å². The van der Waals surface area contributed by atoms with Crippen LogP contribution in [0.25, 0.3) is 0 Å². The Bertz CT molecular complexity index is 1110. The predicted octanol–water partition coefficient (Wildman–Crippen LogP) is 5.82. The molecular formula is C26H27Cl2NO4. The highest BCUT2D eigenvalue weighted by atomic mass is 35.5. The highest BCUT2D eigenvalue weighted by molar-refractivity contribution is 6.30. The van der Waals surface area contributed by atoms with Gasteiger partial charge in [0.2, 0.25) is 0 Å². The molecule has 0 fully saturated rings. The quantitative estimate of drug-likeness (QED) is 0.365. The molecule has 0 spiro atoms. The molecule has 1 aliphatic rings. The highest BCUT2D eigenvalue weighted by Crippen LogP contribution is 2.29. The second kappa shape index (κ2) is 11.5. The molecule has 0 bridgehead atoms. The van der Waals surface area contributed by atoms with Gasteiger partial charge in [-0.1, -0.05) is 35.9 Å². The summed E-state index contributed by atoms with van der Waals surface area (Å²) in [6.07, 6.45) is 3.31. The molecule has 0 saturated carbocycles. The van der Waals surface area contributed by atoms with Crippen LogP contribution in [-0.2, 0) is 12.8 Å². The molecule has 174 valence electrons. The summed E-state index contributed by atoms with van der Waals surface area (Å²) in [5.41, 5.74) is 3.51. The van der Waals surface area contributed by atoms with Gasteiger partial charge in [-0.05, 0) is 84.8 Å². The first kappa shape index (κ1) is 25.1. The summed E-state index contributed by atoms with van der Waals surface area (Å²) < 4.78 is 5.94. The number of aromatic carboxylic acids is 1. The average Bonchev–Trinajstić information content (AvgIpc) is 2.99. The Morgan fingerprint density at radius 1 is 1.06 bits per heavy atom. The van der Waals surface area contributed by atoms with Crippen LogP contribution in [0.3, 0.4) is 0 Å². The van der Waals surface area contributed by atoms with E-state index in [2.05, 4.69) is 11.4 Å². The molecule has 0 radical (unpaired) electrons. The third kappa shape index (κ3) is 6.71. The Morgan fingerprint density at radius 3 is 2.64 bits per heavy atom. The highest BCUT2D eigenvalue weighted by Gasteiger charge is 2.19. The smallest absolute Gasteiger partial charge is 0.335 e. The number of aliphatic hydroxyl groups is 1. The summed E-state index contributed by atoms with van der Waals surface area (Å²) >= 11 is 6.04. The van der Waals surface area contributed by atoms with Crippen molar-refractivity contribution in [2.45, 2.75) is 37.8 Å². The number of nitrogens with one attached hydrogen (secondary N) is 1. The van der Waals surface area contributed by atoms with Gasteiger partial charge in [0.25, 0.3) is 0 Å². The number of aliphatic hydroxyl groups excluding tert-OH is 1. The fourth-order valence-corrected chi connectivity index (χ4v) is 4.32. The molecule has 3 aromatic carbocycles. The van der Waals surface area contributed by atoms with Crippen molar-refractivity contribution in [2.24, 2.45) is 0 Å². The lowest BCUT2D eigenvalue weighted by atomic mass is 10.0. The van der Waals surface area contributed by atoms with Gasteiger partial charge in [0.1, 0.15) is 11.5 Å². The first-order valence-electron chi connectivity index (χ1n) is 10.8. The summed E-state index contributed by atoms with van der Waals surface area (Å²) in [5.74, 6) is 0.204. The number of aryl methyl sites for hydroxylation is 1. The third-order valence-electron chi connectivity index (χ3n) is 5.79. The molecule has 1 aliphatic carbocycles. The molecule has 0 aliphatic heterocycles. The average molecular weight is 488 g/mol. The van der Waals surface area contributed by atoms with Crippen molar-refractivity contribution in [3.8, 4) is 11.5 Å². The largest absolute Gasteiger partial charge is 0.478 e. The molecular weight excluding hydrogens is 461 g/mol. The van der Waals surface area contributed by atoms with Crippen molar-refractivity contribution >= 4 is 30.0 Å². The SMILES string of the molecule is Cl.O=C(O)c1cccc(Oc2ccc3c(c2)C[C@@H](NC[C@H](O)c2cccc(Cl)c2)CCC3)c1. The molecule has 33 heavy (non-hydrogen) atoms. The Morgan fingerprint density at radius 2 is 1.85 bits per heavy atom. The zero-order valence-corrected chi connectivity index (χ0v) is 19.6. The van der Waals surface area contributed by atoms with Crippen molar-refractivity contribution in [1.29, 1.82) is 0 Å². The molecule has 5 nitrogen and oxygen atoms in total. The van der Waals surface area contributed by atoms with Gasteiger partial charge in [0, 0.05) is 17.6 Å². The van der Waals surface area contributed by atoms with Crippen LogP contribution in [0.2, 0.25) is 5.02 Å². The van der Waals surface area contributed by atoms with Crippen molar-refractivity contribution in [3.63, 3.8) is 0 Å². The minimum absolute atomic E-state index is 0. The summed E-state index contributed by atoms with van der Waals surface area (Å²) in [7, 11) is 0. The van der Waals surface area contributed by atoms with E-state index >= 15 is 0 Å². The summed E-state index contributed by atoms with van der Waals surface area (Å²) in [6, 6.07) is 20.1. The van der Waals surface area contributed by atoms with Gasteiger partial charge in [0.15, 0.2) is 0 Å². The standard InChI is InChI=1S/C26H26ClNO4.ClH/c27-21-7-1-5-18(12-21)25(29)16-28-22-8-2-4-17-10-11-24(15-20(17)13-22)32-23-9-3-6-19(14-23)26(30)31;/h1,3,5-7,9-12,14-15,22,25,28-29H,2,4,8,13,16H2,(H,30,31);1H/t22-,25-;/m0./s1. The molecule has 0 aromatic heterocycles. The normalized spacial score (nSPS) is 16.1. The molecule has 0 heterocycles. The van der Waals surface area contributed by atoms with Gasteiger partial charge < -0.3 is 20.3 Å². The Balaban J connectivity index is 0.00000306. The predicted molar refractivity (Wildman–Crippen MR) is 132 cm³/mol. The van der Waals surface area contributed by atoms with Crippen LogP contribution in [0.5, 0.6) is 11.5 Å². The van der Waals surface area contributed by atoms with Crippen LogP contribution in [0, 0.1) is 0 Å². The van der Waals surface area contributed by atoms with Crippen LogP contribution >= 0.6 is 24.0 Å². The van der Waals surface area contributed by atoms with Crippen molar-refractivity contribution in [2.75, 3.05) is 6.54 Å². The number of fused-ring (bicyclic) bond motifs is 1. The number of halogens is 2. The maximum absolute atomic E-state index is 11.2. The van der Waals surface area contributed by atoms with Gasteiger partial charge in [-0.3, -0.25) is 0 Å². The van der Waals surface area contributed by atoms with E-state index in [9.17, 15) is 15.0 Å². The van der Waals surface area contributed by atoms with E-state index in [4.69, 9.17) is 16.3 Å². The number of carboxylic acid groups (broad SMARTS) is 1. The van der Waals surface area contributed by atoms with E-state index in [1.54, 1.807) is 30.3 Å². The number of carbonyl (C=O) groups is 1. The summed E-state index contributed by atoms with van der Waals surface area (Å²) in [6.45, 7) is 0.457. The molecule has 2 atom stereocenters. The second-order valence-corrected chi connectivity index (χ2v) is 8.57. The van der Waals surface area contributed by atoms with E-state index in [-0.39, 0.29) is 24.0 Å². The number of hydrogen-bond donors (Lipinski definition) is 3. The van der Waals surface area contributed by atoms with Gasteiger partial charge in [-0.2, -0.15) is 0 Å². The summed E-state index contributed by atoms with van der Waals surface area (Å²) in [5, 5.41) is 23.8. The van der Waals surface area contributed by atoms with Crippen LogP contribution in [0.4, 0.5) is 0 Å². The molecule has 0 unspecified atom stereocenters. The Labute approximate surface area is 204 Å². The number of rotatable bonds is 7. The molecule has 0 saturated heterocycles. The van der Waals surface area contributed by atoms with Crippen molar-refractivity contribution in [1.82, 2.24) is 5.32 Å². The molecule has 0 amide bonds. The molecule has 4 rings (SSSR count). The van der Waals surface area contributed by atoms with Gasteiger partial charge in [-0.15, -0.1) is 12.4 Å². The van der Waals surface area contributed by atoms with E-state index in [0.717, 1.165) is 31.2 Å². The fourth-order valence-electron chi connectivity index (χ4n) is 4.12. The lowest BCUT2D eigenvalue weighted by Gasteiger charge is -2.20. The number of ether oxygens (including phenoxy) is 1. The zero-order chi connectivity index (χ0) is 22.5. The zero-order valence-electron chi connectivity index (χ0n) is 18.0. The number of hydrogen-bond acceptors (Lipinski definition) is 4. The Kier molecular flexibility index (Phi) is 8.75. The summed E-state index contributed by atoms with van der Waals surface area (Å²) in [4.78, 5) is 11.2. The van der Waals surface area contributed by atoms with Crippen molar-refractivity contribution in [3.05, 3.63) is 94.0 Å². The molecule has 3 N–H and O–H groups in total. The number of benzene rings is 3.